The minimum atomic E-state index is 0.373. The second-order valence-corrected chi connectivity index (χ2v) is 8.03. The van der Waals surface area contributed by atoms with Crippen molar-refractivity contribution in [2.24, 2.45) is 0 Å². The van der Waals surface area contributed by atoms with Crippen LogP contribution in [0.4, 0.5) is 0 Å². The Morgan fingerprint density at radius 2 is 2.00 bits per heavy atom. The van der Waals surface area contributed by atoms with Gasteiger partial charge in [0.1, 0.15) is 0 Å². The summed E-state index contributed by atoms with van der Waals surface area (Å²) in [5.74, 6) is 0. The van der Waals surface area contributed by atoms with E-state index in [0.29, 0.717) is 27.0 Å². The van der Waals surface area contributed by atoms with Crippen LogP contribution in [0.15, 0.2) is 0 Å². The Morgan fingerprint density at radius 3 is 2.57 bits per heavy atom. The molecule has 0 aromatic rings. The summed E-state index contributed by atoms with van der Waals surface area (Å²) in [5, 5.41) is 3.78. The second kappa shape index (κ2) is 5.12. The van der Waals surface area contributed by atoms with Gasteiger partial charge in [0.15, 0.2) is 0 Å². The third-order valence-corrected chi connectivity index (χ3v) is 6.15. The monoisotopic (exact) mass is 309 g/mol. The summed E-state index contributed by atoms with van der Waals surface area (Å²) in [6.07, 6.45) is 7.11. The molecule has 2 nitrogen and oxygen atoms in total. The van der Waals surface area contributed by atoms with E-state index in [1.165, 1.54) is 56.2 Å². The first-order chi connectivity index (χ1) is 6.85. The van der Waals surface area contributed by atoms with Crippen LogP contribution in [0.25, 0.3) is 0 Å². The Balaban J connectivity index is 1.81. The summed E-state index contributed by atoms with van der Waals surface area (Å²) in [5.41, 5.74) is 0.562. The van der Waals surface area contributed by atoms with Gasteiger partial charge in [0, 0.05) is 0 Å². The molecule has 2 aliphatic rings. The third kappa shape index (κ3) is 2.61. The fourth-order valence-electron chi connectivity index (χ4n) is 2.65. The molecular weight excluding hydrogens is 287 g/mol. The molecule has 0 saturated carbocycles. The van der Waals surface area contributed by atoms with Gasteiger partial charge in [-0.3, -0.25) is 0 Å². The van der Waals surface area contributed by atoms with Crippen LogP contribution in [-0.4, -0.2) is 32.7 Å². The number of halogens is 1. The van der Waals surface area contributed by atoms with Crippen molar-refractivity contribution >= 4 is 0 Å². The number of rotatable bonds is 2. The number of nitrogens with zero attached hydrogens (tertiary/aromatic N) is 1. The normalized spacial score (nSPS) is 28.4. The molecule has 0 bridgehead atoms. The van der Waals surface area contributed by atoms with Crippen LogP contribution in [0, 0.1) is 0 Å². The van der Waals surface area contributed by atoms with Crippen molar-refractivity contribution in [2.45, 2.75) is 44.6 Å². The molecule has 0 atom stereocenters. The van der Waals surface area contributed by atoms with Gasteiger partial charge in [0.05, 0.1) is 0 Å². The van der Waals surface area contributed by atoms with E-state index in [2.05, 4.69) is 15.4 Å². The van der Waals surface area contributed by atoms with E-state index < -0.39 is 0 Å². The molecule has 0 amide bonds. The van der Waals surface area contributed by atoms with Crippen molar-refractivity contribution in [1.29, 1.82) is 0 Å². The quantitative estimate of drug-likeness (QED) is 0.384. The van der Waals surface area contributed by atoms with Gasteiger partial charge in [0.2, 0.25) is 0 Å². The fraction of sp³-hybridized carbons (Fsp3) is 1.00. The number of hydrogen-bond acceptors (Lipinski definition) is 2. The second-order valence-electron chi connectivity index (χ2n) is 4.46. The molecule has 2 rings (SSSR count). The van der Waals surface area contributed by atoms with Crippen LogP contribution in [0.2, 0.25) is 0 Å². The zero-order valence-corrected chi connectivity index (χ0v) is 11.3. The topological polar surface area (TPSA) is 15.3 Å². The maximum atomic E-state index is 3.78. The molecule has 1 spiro atoms. The predicted molar refractivity (Wildman–Crippen MR) is 55.9 cm³/mol. The van der Waals surface area contributed by atoms with Crippen LogP contribution >= 0.6 is 0 Å². The SMILES string of the molecule is CC[I-]N1CCC2(CCCCN2)CC1. The molecule has 0 unspecified atom stereocenters. The van der Waals surface area contributed by atoms with Crippen molar-refractivity contribution in [3.8, 4) is 0 Å². The zero-order valence-electron chi connectivity index (χ0n) is 9.19. The number of hydrogen-bond donors (Lipinski definition) is 1. The van der Waals surface area contributed by atoms with Gasteiger partial charge in [-0.2, -0.15) is 0 Å². The van der Waals surface area contributed by atoms with E-state index in [0.717, 1.165) is 0 Å². The molecule has 0 radical (unpaired) electrons. The molecule has 3 heteroatoms. The van der Waals surface area contributed by atoms with Crippen molar-refractivity contribution < 1.29 is 21.5 Å². The van der Waals surface area contributed by atoms with E-state index in [9.17, 15) is 0 Å². The van der Waals surface area contributed by atoms with Crippen molar-refractivity contribution in [2.75, 3.05) is 24.1 Å². The predicted octanol–water partition coefficient (Wildman–Crippen LogP) is -1.38. The molecule has 2 fully saturated rings. The molecule has 0 aromatic heterocycles. The van der Waals surface area contributed by atoms with Crippen LogP contribution in [0.3, 0.4) is 0 Å². The van der Waals surface area contributed by atoms with E-state index >= 15 is 0 Å². The van der Waals surface area contributed by atoms with Crippen molar-refractivity contribution in [3.05, 3.63) is 0 Å². The molecule has 2 heterocycles. The fourth-order valence-corrected chi connectivity index (χ4v) is 4.78. The van der Waals surface area contributed by atoms with E-state index in [1.54, 1.807) is 0 Å². The summed E-state index contributed by atoms with van der Waals surface area (Å²) >= 11 is 0.373. The van der Waals surface area contributed by atoms with Crippen molar-refractivity contribution in [1.82, 2.24) is 8.43 Å². The molecular formula is C11H22IN2-. The Morgan fingerprint density at radius 1 is 1.21 bits per heavy atom. The number of nitrogens with one attached hydrogen (secondary N) is 1. The first kappa shape index (κ1) is 11.1. The van der Waals surface area contributed by atoms with E-state index in [1.807, 2.05) is 0 Å². The Bertz CT molecular complexity index is 168. The summed E-state index contributed by atoms with van der Waals surface area (Å²) in [4.78, 5) is 0. The Kier molecular flexibility index (Phi) is 4.08. The molecule has 2 saturated heterocycles. The van der Waals surface area contributed by atoms with Crippen LogP contribution in [0.1, 0.15) is 39.0 Å². The maximum absolute atomic E-state index is 3.78. The van der Waals surface area contributed by atoms with Crippen LogP contribution in [0.5, 0.6) is 0 Å². The van der Waals surface area contributed by atoms with E-state index in [-0.39, 0.29) is 0 Å². The van der Waals surface area contributed by atoms with Gasteiger partial charge in [-0.25, -0.2) is 0 Å². The van der Waals surface area contributed by atoms with Gasteiger partial charge < -0.3 is 0 Å². The van der Waals surface area contributed by atoms with E-state index in [4.69, 9.17) is 0 Å². The summed E-state index contributed by atoms with van der Waals surface area (Å²) < 4.78 is 4.15. The summed E-state index contributed by atoms with van der Waals surface area (Å²) in [6, 6.07) is 0. The molecule has 2 aliphatic heterocycles. The molecule has 84 valence electrons. The molecule has 1 N–H and O–H groups in total. The zero-order chi connectivity index (χ0) is 9.86. The van der Waals surface area contributed by atoms with Gasteiger partial charge >= 0.3 is 98.5 Å². The third-order valence-electron chi connectivity index (χ3n) is 3.54. The van der Waals surface area contributed by atoms with Crippen molar-refractivity contribution in [3.63, 3.8) is 0 Å². The number of alkyl halides is 1. The molecule has 0 aromatic carbocycles. The van der Waals surface area contributed by atoms with Gasteiger partial charge in [-0.05, 0) is 0 Å². The summed E-state index contributed by atoms with van der Waals surface area (Å²) in [7, 11) is 0. The Hall–Kier alpha value is 0.650. The minimum absolute atomic E-state index is 0.373. The number of piperidine rings is 2. The molecule has 14 heavy (non-hydrogen) atoms. The molecule has 0 aliphatic carbocycles. The standard InChI is InChI=1S/C11H22IN2/c1-2-12-14-9-6-11(7-10-14)5-3-4-8-13-11/h13H,2-10H2,1H3/q-1. The summed E-state index contributed by atoms with van der Waals surface area (Å²) in [6.45, 7) is 6.33. The van der Waals surface area contributed by atoms with Crippen LogP contribution in [-0.2, 0) is 0 Å². The average molecular weight is 309 g/mol. The van der Waals surface area contributed by atoms with Gasteiger partial charge in [-0.1, -0.05) is 0 Å². The first-order valence-electron chi connectivity index (χ1n) is 5.94. The van der Waals surface area contributed by atoms with Gasteiger partial charge in [0.25, 0.3) is 0 Å². The van der Waals surface area contributed by atoms with Crippen LogP contribution < -0.4 is 26.8 Å². The van der Waals surface area contributed by atoms with Gasteiger partial charge in [-0.15, -0.1) is 0 Å². The average Bonchev–Trinajstić information content (AvgIpc) is 2.24. The Labute approximate surface area is 98.4 Å². The first-order valence-corrected chi connectivity index (χ1v) is 8.43.